The van der Waals surface area contributed by atoms with Crippen molar-refractivity contribution in [1.29, 1.82) is 0 Å². The van der Waals surface area contributed by atoms with Crippen molar-refractivity contribution in [3.8, 4) is 22.5 Å². The fraction of sp³-hybridized carbons (Fsp3) is 0.689. The Morgan fingerprint density at radius 2 is 1.77 bits per heavy atom. The number of nitrogens with one attached hydrogen (secondary N) is 2. The maximum atomic E-state index is 15.6. The Kier molecular flexibility index (Phi) is 13.0. The maximum absolute atomic E-state index is 15.6. The third kappa shape index (κ3) is 9.34. The number of benzene rings is 1. The van der Waals surface area contributed by atoms with Crippen molar-refractivity contribution in [2.24, 2.45) is 23.2 Å². The van der Waals surface area contributed by atoms with Gasteiger partial charge in [-0.25, -0.2) is 15.2 Å². The van der Waals surface area contributed by atoms with Gasteiger partial charge in [-0.1, -0.05) is 19.9 Å². The van der Waals surface area contributed by atoms with Crippen molar-refractivity contribution < 1.29 is 38.1 Å². The number of thiazole rings is 1. The molecule has 3 aromatic heterocycles. The average Bonchev–Trinajstić information content (AvgIpc) is 3.89. The normalized spacial score (nSPS) is 34.4. The van der Waals surface area contributed by atoms with Gasteiger partial charge in [-0.2, -0.15) is 0 Å². The number of carbonyl (C=O) groups is 3. The number of carbonyl (C=O) groups excluding carboxylic acids is 3. The summed E-state index contributed by atoms with van der Waals surface area (Å²) in [7, 11) is 1.76. The number of fused-ring (bicyclic) bond motifs is 6. The van der Waals surface area contributed by atoms with Gasteiger partial charge in [0.15, 0.2) is 0 Å². The highest BCUT2D eigenvalue weighted by molar-refractivity contribution is 7.10. The fourth-order valence-corrected chi connectivity index (χ4v) is 16.5. The van der Waals surface area contributed by atoms with E-state index in [1.807, 2.05) is 13.1 Å². The van der Waals surface area contributed by atoms with Crippen molar-refractivity contribution in [1.82, 2.24) is 40.1 Å². The molecule has 4 aromatic rings. The van der Waals surface area contributed by atoms with Crippen LogP contribution >= 0.6 is 11.3 Å². The molecule has 2 amide bonds. The van der Waals surface area contributed by atoms with Gasteiger partial charge in [0.05, 0.1) is 72.1 Å². The Labute approximate surface area is 468 Å². The molecule has 79 heavy (non-hydrogen) atoms. The number of ether oxygens (including phenoxy) is 5. The second kappa shape index (κ2) is 19.6. The first-order valence-corrected chi connectivity index (χ1v) is 30.7. The van der Waals surface area contributed by atoms with Gasteiger partial charge in [-0.05, 0) is 133 Å². The molecule has 11 bridgehead atoms. The summed E-state index contributed by atoms with van der Waals surface area (Å²) in [5.41, 5.74) is 8.69. The molecule has 424 valence electrons. The first kappa shape index (κ1) is 52.5. The van der Waals surface area contributed by atoms with Crippen LogP contribution < -0.4 is 15.6 Å². The van der Waals surface area contributed by atoms with Gasteiger partial charge in [-0.15, -0.1) is 11.3 Å². The largest absolute Gasteiger partial charge is 0.464 e. The van der Waals surface area contributed by atoms with E-state index in [2.05, 4.69) is 94.3 Å². The van der Waals surface area contributed by atoms with Gasteiger partial charge in [0.25, 0.3) is 11.8 Å². The molecule has 18 heteroatoms. The molecule has 1 aromatic carbocycles. The van der Waals surface area contributed by atoms with E-state index >= 15 is 4.79 Å². The summed E-state index contributed by atoms with van der Waals surface area (Å²) in [6.45, 7) is 19.9. The number of aromatic nitrogens is 3. The predicted octanol–water partition coefficient (Wildman–Crippen LogP) is 7.60. The summed E-state index contributed by atoms with van der Waals surface area (Å²) in [4.78, 5) is 63.5. The summed E-state index contributed by atoms with van der Waals surface area (Å²) < 4.78 is 34.5. The Balaban J connectivity index is 0.914. The Morgan fingerprint density at radius 3 is 2.48 bits per heavy atom. The zero-order chi connectivity index (χ0) is 54.3. The zero-order valence-electron chi connectivity index (χ0n) is 47.4. The Bertz CT molecular complexity index is 3040. The van der Waals surface area contributed by atoms with Crippen molar-refractivity contribution in [3.63, 3.8) is 0 Å². The van der Waals surface area contributed by atoms with Crippen LogP contribution in [0.1, 0.15) is 134 Å². The number of piperazine rings is 1. The first-order valence-electron chi connectivity index (χ1n) is 29.8. The second-order valence-electron chi connectivity index (χ2n) is 27.0. The Morgan fingerprint density at radius 1 is 0.975 bits per heavy atom. The van der Waals surface area contributed by atoms with E-state index in [1.165, 1.54) is 12.8 Å². The number of rotatable bonds is 12. The van der Waals surface area contributed by atoms with Crippen molar-refractivity contribution >= 4 is 45.7 Å². The molecular formula is C61H81N9O8S. The number of cyclic esters (lactones) is 1. The molecule has 4 aliphatic carbocycles. The summed E-state index contributed by atoms with van der Waals surface area (Å²) in [6.07, 6.45) is 11.2. The average molecular weight is 1100 g/mol. The number of amides is 2. The van der Waals surface area contributed by atoms with E-state index in [-0.39, 0.29) is 60.3 Å². The van der Waals surface area contributed by atoms with E-state index in [0.29, 0.717) is 70.2 Å². The minimum absolute atomic E-state index is 0.0129. The van der Waals surface area contributed by atoms with Gasteiger partial charge in [0.1, 0.15) is 22.2 Å². The standard InChI is InChI=1S/C61H81N9O8S/c1-35-40-26-61(27-40,78-35)56(72)64-51-53(69-31-37-20-42(69)21-37)54-63-48(33-79-54)39-8-11-49-45(22-39)47(29-58(3,4)34-76-57(73)60-24-38(25-60)32-70(65-60)55(51)71)52(68(49)17-19-75-44-12-18-77-59(5,6)28-44)46-23-43(30-62-50(46)36(2)74-7)67-15-13-66(14-16-67)41-9-10-41/h8,11,22-23,30,33,35-38,40-42,44,51,53,65H,9-10,12-21,24-29,31-32,34H2,1-7H3,(H,64,72)/t35-,36-,37?,38?,40?,42?,44-,51-,53-,60?,61?/m0/s1. The lowest BCUT2D eigenvalue weighted by atomic mass is 9.66. The number of esters is 1. The van der Waals surface area contributed by atoms with Crippen molar-refractivity contribution in [3.05, 3.63) is 52.1 Å². The van der Waals surface area contributed by atoms with Crippen molar-refractivity contribution in [2.45, 2.75) is 178 Å². The van der Waals surface area contributed by atoms with E-state index in [4.69, 9.17) is 33.7 Å². The lowest BCUT2D eigenvalue weighted by molar-refractivity contribution is -0.180. The Hall–Kier alpha value is -4.53. The van der Waals surface area contributed by atoms with Gasteiger partial charge in [0, 0.05) is 111 Å². The van der Waals surface area contributed by atoms with Crippen LogP contribution in [0.3, 0.4) is 0 Å². The molecule has 1 spiro atoms. The number of nitrogens with zero attached hydrogens (tertiary/aromatic N) is 7. The third-order valence-corrected chi connectivity index (χ3v) is 21.1. The maximum Gasteiger partial charge on any atom is 0.328 e. The van der Waals surface area contributed by atoms with Crippen LogP contribution in [-0.4, -0.2) is 160 Å². The SMILES string of the molecule is CO[C@@H](C)c1ncc(N2CCN(C3CC3)CC2)cc1-c1c2c3cc(ccc3n1CCO[C@H]1CCOC(C)(C)C1)-c1csc(n1)[C@@H](N1CC3CC1C3)[C@H](NC(=O)C13CC(C1)[C@H](C)O3)C(=O)N1CC3CC(C3)(N1)C(=O)OCC(C)(C)C2. The number of hydrogen-bond donors (Lipinski definition) is 2. The number of anilines is 1. The molecule has 9 aliphatic heterocycles. The molecule has 0 radical (unpaired) electrons. The second-order valence-corrected chi connectivity index (χ2v) is 27.9. The van der Waals surface area contributed by atoms with E-state index in [0.717, 1.165) is 120 Å². The predicted molar refractivity (Wildman–Crippen MR) is 300 cm³/mol. The molecule has 12 heterocycles. The van der Waals surface area contributed by atoms with Crippen LogP contribution in [0.4, 0.5) is 5.69 Å². The summed E-state index contributed by atoms with van der Waals surface area (Å²) >= 11 is 1.56. The smallest absolute Gasteiger partial charge is 0.328 e. The molecule has 12 fully saturated rings. The van der Waals surface area contributed by atoms with Gasteiger partial charge in [-0.3, -0.25) is 29.4 Å². The quantitative estimate of drug-likeness (QED) is 0.133. The molecule has 17 rings (SSSR count). The number of hydrogen-bond acceptors (Lipinski definition) is 15. The third-order valence-electron chi connectivity index (χ3n) is 20.2. The first-order chi connectivity index (χ1) is 37.9. The van der Waals surface area contributed by atoms with E-state index < -0.39 is 28.6 Å². The number of methoxy groups -OCH3 is 1. The molecule has 13 aliphatic rings. The highest BCUT2D eigenvalue weighted by Gasteiger charge is 2.63. The van der Waals surface area contributed by atoms with E-state index in [1.54, 1.807) is 23.5 Å². The molecule has 17 nitrogen and oxygen atoms in total. The van der Waals surface area contributed by atoms with Crippen LogP contribution in [0.5, 0.6) is 0 Å². The topological polar surface area (TPSA) is 165 Å². The van der Waals surface area contributed by atoms with Crippen LogP contribution in [0.15, 0.2) is 35.8 Å². The molecule has 8 saturated heterocycles. The van der Waals surface area contributed by atoms with Crippen LogP contribution in [0, 0.1) is 23.2 Å². The van der Waals surface area contributed by atoms with Crippen LogP contribution in [0.2, 0.25) is 0 Å². The van der Waals surface area contributed by atoms with Crippen LogP contribution in [-0.2, 0) is 51.0 Å². The minimum atomic E-state index is -1.06. The summed E-state index contributed by atoms with van der Waals surface area (Å²) in [5, 5.41) is 9.00. The summed E-state index contributed by atoms with van der Waals surface area (Å²) in [6, 6.07) is 8.57. The minimum Gasteiger partial charge on any atom is -0.464 e. The van der Waals surface area contributed by atoms with Crippen LogP contribution in [0.25, 0.3) is 33.4 Å². The molecule has 0 unspecified atom stereocenters. The van der Waals surface area contributed by atoms with Crippen molar-refractivity contribution in [2.75, 3.05) is 71.1 Å². The summed E-state index contributed by atoms with van der Waals surface area (Å²) in [5.74, 6) is 0.136. The zero-order valence-corrected chi connectivity index (χ0v) is 48.2. The highest BCUT2D eigenvalue weighted by Crippen LogP contribution is 2.54. The number of pyridine rings is 1. The van der Waals surface area contributed by atoms with E-state index in [9.17, 15) is 9.59 Å². The highest BCUT2D eigenvalue weighted by atomic mass is 32.1. The molecular weight excluding hydrogens is 1020 g/mol. The lowest BCUT2D eigenvalue weighted by Crippen LogP contribution is -2.75. The molecule has 5 atom stereocenters. The van der Waals surface area contributed by atoms with Gasteiger partial charge >= 0.3 is 5.97 Å². The lowest BCUT2D eigenvalue weighted by Gasteiger charge is -2.55. The molecule has 4 saturated carbocycles. The fourth-order valence-electron chi connectivity index (χ4n) is 15.5. The monoisotopic (exact) mass is 1100 g/mol. The molecule has 2 N–H and O–H groups in total. The number of hydrazine groups is 1. The van der Waals surface area contributed by atoms with Gasteiger partial charge in [0.2, 0.25) is 0 Å². The van der Waals surface area contributed by atoms with Gasteiger partial charge < -0.3 is 38.5 Å².